The summed E-state index contributed by atoms with van der Waals surface area (Å²) in [6.07, 6.45) is 1.83. The van der Waals surface area contributed by atoms with Crippen LogP contribution in [0.15, 0.2) is 0 Å². The second kappa shape index (κ2) is 3.56. The van der Waals surface area contributed by atoms with Crippen molar-refractivity contribution in [1.29, 1.82) is 0 Å². The van der Waals surface area contributed by atoms with E-state index in [2.05, 4.69) is 10.6 Å². The monoisotopic (exact) mass is 142 g/mol. The van der Waals surface area contributed by atoms with Crippen molar-refractivity contribution in [3.05, 3.63) is 0 Å². The number of carbonyl (C=O) groups excluding carboxylic acids is 1. The first-order valence-electron chi connectivity index (χ1n) is 3.74. The molecule has 1 unspecified atom stereocenters. The van der Waals surface area contributed by atoms with Gasteiger partial charge in [0.2, 0.25) is 5.91 Å². The molecule has 1 aliphatic heterocycles. The highest BCUT2D eigenvalue weighted by molar-refractivity contribution is 5.75. The van der Waals surface area contributed by atoms with Crippen molar-refractivity contribution in [1.82, 2.24) is 10.6 Å². The Morgan fingerprint density at radius 3 is 3.10 bits per heavy atom. The Morgan fingerprint density at radius 2 is 2.60 bits per heavy atom. The van der Waals surface area contributed by atoms with Gasteiger partial charge in [0.15, 0.2) is 0 Å². The Hall–Kier alpha value is -0.570. The number of carbonyl (C=O) groups is 1. The van der Waals surface area contributed by atoms with Gasteiger partial charge in [-0.2, -0.15) is 0 Å². The summed E-state index contributed by atoms with van der Waals surface area (Å²) in [5.74, 6) is 0.730. The Morgan fingerprint density at radius 1 is 1.80 bits per heavy atom. The lowest BCUT2D eigenvalue weighted by atomic mass is 10.1. The van der Waals surface area contributed by atoms with Gasteiger partial charge in [0, 0.05) is 13.5 Å². The molecule has 0 aromatic heterocycles. The molecule has 3 nitrogen and oxygen atoms in total. The van der Waals surface area contributed by atoms with E-state index in [1.54, 1.807) is 7.05 Å². The molecule has 1 heterocycles. The number of hydrogen-bond donors (Lipinski definition) is 2. The van der Waals surface area contributed by atoms with E-state index >= 15 is 0 Å². The van der Waals surface area contributed by atoms with Gasteiger partial charge in [-0.1, -0.05) is 0 Å². The fourth-order valence-corrected chi connectivity index (χ4v) is 1.25. The van der Waals surface area contributed by atoms with Crippen LogP contribution in [0.4, 0.5) is 0 Å². The van der Waals surface area contributed by atoms with Crippen LogP contribution in [-0.4, -0.2) is 26.0 Å². The van der Waals surface area contributed by atoms with Gasteiger partial charge in [0.25, 0.3) is 0 Å². The van der Waals surface area contributed by atoms with E-state index in [0.29, 0.717) is 12.3 Å². The largest absolute Gasteiger partial charge is 0.359 e. The molecule has 1 atom stereocenters. The summed E-state index contributed by atoms with van der Waals surface area (Å²) in [6.45, 7) is 2.08. The maximum absolute atomic E-state index is 10.8. The van der Waals surface area contributed by atoms with Gasteiger partial charge >= 0.3 is 0 Å². The van der Waals surface area contributed by atoms with Gasteiger partial charge in [0.1, 0.15) is 0 Å². The third-order valence-corrected chi connectivity index (χ3v) is 1.92. The molecule has 10 heavy (non-hydrogen) atoms. The molecule has 2 N–H and O–H groups in total. The van der Waals surface area contributed by atoms with Crippen LogP contribution >= 0.6 is 0 Å². The zero-order valence-electron chi connectivity index (χ0n) is 6.31. The van der Waals surface area contributed by atoms with Crippen LogP contribution < -0.4 is 10.6 Å². The van der Waals surface area contributed by atoms with Gasteiger partial charge in [0.05, 0.1) is 0 Å². The number of hydrogen-bond acceptors (Lipinski definition) is 2. The Kier molecular flexibility index (Phi) is 2.68. The fraction of sp³-hybridized carbons (Fsp3) is 0.857. The van der Waals surface area contributed by atoms with Gasteiger partial charge < -0.3 is 10.6 Å². The normalized spacial score (nSPS) is 24.7. The molecule has 58 valence electrons. The third kappa shape index (κ3) is 1.99. The maximum atomic E-state index is 10.8. The summed E-state index contributed by atoms with van der Waals surface area (Å²) in [5.41, 5.74) is 0. The fourth-order valence-electron chi connectivity index (χ4n) is 1.25. The summed E-state index contributed by atoms with van der Waals surface area (Å²) >= 11 is 0. The molecule has 0 spiro atoms. The summed E-state index contributed by atoms with van der Waals surface area (Å²) in [4.78, 5) is 10.8. The second-order valence-corrected chi connectivity index (χ2v) is 2.74. The minimum atomic E-state index is 0.161. The maximum Gasteiger partial charge on any atom is 0.220 e. The van der Waals surface area contributed by atoms with Gasteiger partial charge in [-0.15, -0.1) is 0 Å². The van der Waals surface area contributed by atoms with E-state index in [-0.39, 0.29) is 5.91 Å². The molecule has 1 fully saturated rings. The highest BCUT2D eigenvalue weighted by Crippen LogP contribution is 2.10. The molecule has 0 radical (unpaired) electrons. The average molecular weight is 142 g/mol. The summed E-state index contributed by atoms with van der Waals surface area (Å²) in [5, 5.41) is 5.85. The first kappa shape index (κ1) is 7.54. The van der Waals surface area contributed by atoms with Crippen LogP contribution in [-0.2, 0) is 4.79 Å². The molecule has 0 bridgehead atoms. The van der Waals surface area contributed by atoms with E-state index in [1.807, 2.05) is 0 Å². The van der Waals surface area contributed by atoms with Crippen LogP contribution in [0.1, 0.15) is 12.8 Å². The molecule has 3 heteroatoms. The van der Waals surface area contributed by atoms with Crippen LogP contribution in [0.2, 0.25) is 0 Å². The second-order valence-electron chi connectivity index (χ2n) is 2.74. The summed E-state index contributed by atoms with van der Waals surface area (Å²) < 4.78 is 0. The first-order valence-corrected chi connectivity index (χ1v) is 3.74. The zero-order chi connectivity index (χ0) is 7.40. The van der Waals surface area contributed by atoms with Crippen molar-refractivity contribution in [3.8, 4) is 0 Å². The Balaban J connectivity index is 2.17. The quantitative estimate of drug-likeness (QED) is 0.557. The molecular formula is C7H14N2O. The van der Waals surface area contributed by atoms with Crippen molar-refractivity contribution in [2.24, 2.45) is 5.92 Å². The average Bonchev–Trinajstić information content (AvgIpc) is 2.40. The lowest BCUT2D eigenvalue weighted by Crippen LogP contribution is -2.22. The van der Waals surface area contributed by atoms with Crippen LogP contribution in [0, 0.1) is 5.92 Å². The van der Waals surface area contributed by atoms with Gasteiger partial charge in [-0.05, 0) is 25.4 Å². The Bertz CT molecular complexity index is 119. The van der Waals surface area contributed by atoms with Gasteiger partial charge in [-0.25, -0.2) is 0 Å². The highest BCUT2D eigenvalue weighted by atomic mass is 16.1. The van der Waals surface area contributed by atoms with E-state index < -0.39 is 0 Å². The molecule has 0 aromatic rings. The van der Waals surface area contributed by atoms with Crippen molar-refractivity contribution >= 4 is 5.91 Å². The van der Waals surface area contributed by atoms with Crippen LogP contribution in [0.5, 0.6) is 0 Å². The topological polar surface area (TPSA) is 41.1 Å². The minimum absolute atomic E-state index is 0.161. The van der Waals surface area contributed by atoms with Crippen molar-refractivity contribution in [2.75, 3.05) is 20.1 Å². The van der Waals surface area contributed by atoms with Crippen molar-refractivity contribution in [3.63, 3.8) is 0 Å². The lowest BCUT2D eigenvalue weighted by molar-refractivity contribution is -0.121. The predicted octanol–water partition coefficient (Wildman–Crippen LogP) is -0.268. The molecule has 1 aliphatic rings. The first-order chi connectivity index (χ1) is 4.83. The minimum Gasteiger partial charge on any atom is -0.359 e. The molecule has 0 aliphatic carbocycles. The SMILES string of the molecule is CNC(=O)CC1CCNC1. The number of amides is 1. The molecule has 1 saturated heterocycles. The van der Waals surface area contributed by atoms with Crippen LogP contribution in [0.3, 0.4) is 0 Å². The van der Waals surface area contributed by atoms with E-state index in [4.69, 9.17) is 0 Å². The molecule has 0 saturated carbocycles. The smallest absolute Gasteiger partial charge is 0.220 e. The van der Waals surface area contributed by atoms with Crippen LogP contribution in [0.25, 0.3) is 0 Å². The van der Waals surface area contributed by atoms with E-state index in [1.165, 1.54) is 0 Å². The number of nitrogens with one attached hydrogen (secondary N) is 2. The molecular weight excluding hydrogens is 128 g/mol. The zero-order valence-corrected chi connectivity index (χ0v) is 6.31. The third-order valence-electron chi connectivity index (χ3n) is 1.92. The summed E-state index contributed by atoms with van der Waals surface area (Å²) in [6, 6.07) is 0. The number of rotatable bonds is 2. The molecule has 1 amide bonds. The van der Waals surface area contributed by atoms with Gasteiger partial charge in [-0.3, -0.25) is 4.79 Å². The van der Waals surface area contributed by atoms with E-state index in [9.17, 15) is 4.79 Å². The summed E-state index contributed by atoms with van der Waals surface area (Å²) in [7, 11) is 1.69. The van der Waals surface area contributed by atoms with Crippen molar-refractivity contribution in [2.45, 2.75) is 12.8 Å². The lowest BCUT2D eigenvalue weighted by Gasteiger charge is -2.04. The van der Waals surface area contributed by atoms with Crippen molar-refractivity contribution < 1.29 is 4.79 Å². The highest BCUT2D eigenvalue weighted by Gasteiger charge is 2.16. The Labute approximate surface area is 61.2 Å². The van der Waals surface area contributed by atoms with E-state index in [0.717, 1.165) is 19.5 Å². The standard InChI is InChI=1S/C7H14N2O/c1-8-7(10)4-6-2-3-9-5-6/h6,9H,2-5H2,1H3,(H,8,10). The molecule has 1 rings (SSSR count). The molecule has 0 aromatic carbocycles. The predicted molar refractivity (Wildman–Crippen MR) is 39.7 cm³/mol.